The number of methoxy groups -OCH3 is 1. The van der Waals surface area contributed by atoms with Crippen molar-refractivity contribution in [3.8, 4) is 5.88 Å². The number of nitrogens with one attached hydrogen (secondary N) is 1. The van der Waals surface area contributed by atoms with Crippen molar-refractivity contribution in [2.45, 2.75) is 0 Å². The van der Waals surface area contributed by atoms with E-state index in [1.165, 1.54) is 13.2 Å². The van der Waals surface area contributed by atoms with E-state index in [1.54, 1.807) is 12.3 Å². The van der Waals surface area contributed by atoms with Gasteiger partial charge in [-0.1, -0.05) is 0 Å². The topological polar surface area (TPSA) is 55.0 Å². The predicted molar refractivity (Wildman–Crippen MR) is 56.6 cm³/mol. The van der Waals surface area contributed by atoms with Crippen molar-refractivity contribution in [2.24, 2.45) is 0 Å². The Hall–Kier alpha value is -1.36. The largest absolute Gasteiger partial charge is 0.480 e. The van der Waals surface area contributed by atoms with Gasteiger partial charge in [-0.25, -0.2) is 4.98 Å². The van der Waals surface area contributed by atoms with Crippen molar-refractivity contribution < 1.29 is 4.74 Å². The normalized spacial score (nSPS) is 10.4. The first-order chi connectivity index (χ1) is 6.72. The first-order valence-corrected chi connectivity index (χ1v) is 4.73. The van der Waals surface area contributed by atoms with Gasteiger partial charge in [-0.3, -0.25) is 4.79 Å². The Labute approximate surface area is 88.1 Å². The number of ether oxygens (including phenoxy) is 1. The van der Waals surface area contributed by atoms with Gasteiger partial charge in [-0.05, 0) is 22.0 Å². The van der Waals surface area contributed by atoms with Crippen molar-refractivity contribution >= 4 is 26.8 Å². The molecule has 14 heavy (non-hydrogen) atoms. The maximum absolute atomic E-state index is 11.1. The third kappa shape index (κ3) is 1.39. The van der Waals surface area contributed by atoms with Crippen LogP contribution in [0, 0.1) is 0 Å². The fourth-order valence-electron chi connectivity index (χ4n) is 1.21. The zero-order chi connectivity index (χ0) is 10.1. The molecule has 0 fully saturated rings. The predicted octanol–water partition coefficient (Wildman–Crippen LogP) is 1.69. The Kier molecular flexibility index (Phi) is 2.25. The van der Waals surface area contributed by atoms with Gasteiger partial charge >= 0.3 is 0 Å². The number of aromatic nitrogens is 2. The molecule has 0 aliphatic carbocycles. The lowest BCUT2D eigenvalue weighted by Gasteiger charge is -2.04. The Bertz CT molecular complexity index is 536. The summed E-state index contributed by atoms with van der Waals surface area (Å²) in [6.07, 6.45) is 1.65. The SMILES string of the molecule is COc1ncc2ccc(=O)[nH]c2c1Br. The minimum atomic E-state index is -0.147. The molecule has 0 saturated heterocycles. The number of H-pyrrole nitrogens is 1. The molecule has 4 nitrogen and oxygen atoms in total. The average molecular weight is 255 g/mol. The Morgan fingerprint density at radius 2 is 2.29 bits per heavy atom. The highest BCUT2D eigenvalue weighted by Crippen LogP contribution is 2.28. The van der Waals surface area contributed by atoms with Gasteiger partial charge in [0.25, 0.3) is 0 Å². The van der Waals surface area contributed by atoms with E-state index in [4.69, 9.17) is 4.74 Å². The molecule has 0 unspecified atom stereocenters. The highest BCUT2D eigenvalue weighted by atomic mass is 79.9. The van der Waals surface area contributed by atoms with Crippen LogP contribution in [0.1, 0.15) is 0 Å². The molecule has 0 bridgehead atoms. The van der Waals surface area contributed by atoms with Gasteiger partial charge in [0.05, 0.1) is 12.6 Å². The van der Waals surface area contributed by atoms with Gasteiger partial charge in [-0.2, -0.15) is 0 Å². The Morgan fingerprint density at radius 1 is 1.50 bits per heavy atom. The second-order valence-electron chi connectivity index (χ2n) is 2.73. The molecule has 0 aliphatic heterocycles. The van der Waals surface area contributed by atoms with Crippen LogP contribution in [0.15, 0.2) is 27.6 Å². The van der Waals surface area contributed by atoms with Crippen LogP contribution in [-0.4, -0.2) is 17.1 Å². The molecule has 72 valence electrons. The van der Waals surface area contributed by atoms with Crippen LogP contribution in [0.25, 0.3) is 10.9 Å². The lowest BCUT2D eigenvalue weighted by atomic mass is 10.3. The first-order valence-electron chi connectivity index (χ1n) is 3.94. The van der Waals surface area contributed by atoms with Gasteiger partial charge in [0.15, 0.2) is 0 Å². The molecular formula is C9H7BrN2O2. The molecule has 0 spiro atoms. The lowest BCUT2D eigenvalue weighted by molar-refractivity contribution is 0.396. The monoisotopic (exact) mass is 254 g/mol. The van der Waals surface area contributed by atoms with Gasteiger partial charge in [0.2, 0.25) is 11.4 Å². The molecular weight excluding hydrogens is 248 g/mol. The van der Waals surface area contributed by atoms with E-state index in [2.05, 4.69) is 25.9 Å². The summed E-state index contributed by atoms with van der Waals surface area (Å²) in [6.45, 7) is 0. The number of pyridine rings is 2. The highest BCUT2D eigenvalue weighted by Gasteiger charge is 2.06. The van der Waals surface area contributed by atoms with Crippen LogP contribution in [-0.2, 0) is 0 Å². The molecule has 0 atom stereocenters. The Balaban J connectivity index is 2.86. The molecule has 2 aromatic heterocycles. The van der Waals surface area contributed by atoms with E-state index in [-0.39, 0.29) is 5.56 Å². The smallest absolute Gasteiger partial charge is 0.248 e. The third-order valence-corrected chi connectivity index (χ3v) is 2.61. The van der Waals surface area contributed by atoms with Crippen LogP contribution in [0.2, 0.25) is 0 Å². The van der Waals surface area contributed by atoms with Crippen molar-refractivity contribution in [3.63, 3.8) is 0 Å². The summed E-state index contributed by atoms with van der Waals surface area (Å²) in [4.78, 5) is 17.9. The van der Waals surface area contributed by atoms with E-state index in [0.29, 0.717) is 15.9 Å². The number of fused-ring (bicyclic) bond motifs is 1. The average Bonchev–Trinajstić information content (AvgIpc) is 2.20. The fraction of sp³-hybridized carbons (Fsp3) is 0.111. The fourth-order valence-corrected chi connectivity index (χ4v) is 1.80. The van der Waals surface area contributed by atoms with E-state index in [1.807, 2.05) is 0 Å². The Morgan fingerprint density at radius 3 is 3.00 bits per heavy atom. The summed E-state index contributed by atoms with van der Waals surface area (Å²) in [5, 5.41) is 0.859. The molecule has 2 heterocycles. The molecule has 2 rings (SSSR count). The van der Waals surface area contributed by atoms with Crippen LogP contribution >= 0.6 is 15.9 Å². The van der Waals surface area contributed by atoms with Crippen LogP contribution < -0.4 is 10.3 Å². The van der Waals surface area contributed by atoms with E-state index < -0.39 is 0 Å². The van der Waals surface area contributed by atoms with Crippen molar-refractivity contribution in [3.05, 3.63) is 33.2 Å². The first kappa shape index (κ1) is 9.21. The molecule has 0 amide bonds. The quantitative estimate of drug-likeness (QED) is 0.843. The zero-order valence-corrected chi connectivity index (χ0v) is 8.96. The number of hydrogen-bond acceptors (Lipinski definition) is 3. The summed E-state index contributed by atoms with van der Waals surface area (Å²) in [5.74, 6) is 0.458. The van der Waals surface area contributed by atoms with Gasteiger partial charge < -0.3 is 9.72 Å². The summed E-state index contributed by atoms with van der Waals surface area (Å²) in [5.41, 5.74) is 0.552. The molecule has 1 N–H and O–H groups in total. The molecule has 0 radical (unpaired) electrons. The molecule has 0 aliphatic rings. The maximum Gasteiger partial charge on any atom is 0.248 e. The molecule has 0 aromatic carbocycles. The van der Waals surface area contributed by atoms with Crippen molar-refractivity contribution in [1.82, 2.24) is 9.97 Å². The van der Waals surface area contributed by atoms with E-state index in [9.17, 15) is 4.79 Å². The second-order valence-corrected chi connectivity index (χ2v) is 3.53. The zero-order valence-electron chi connectivity index (χ0n) is 7.37. The van der Waals surface area contributed by atoms with Crippen LogP contribution in [0.5, 0.6) is 5.88 Å². The maximum atomic E-state index is 11.1. The standard InChI is InChI=1S/C9H7BrN2O2/c1-14-9-7(10)8-5(4-11-9)2-3-6(13)12-8/h2-4H,1H3,(H,12,13). The van der Waals surface area contributed by atoms with E-state index in [0.717, 1.165) is 5.39 Å². The van der Waals surface area contributed by atoms with Gasteiger partial charge in [0, 0.05) is 17.6 Å². The highest BCUT2D eigenvalue weighted by molar-refractivity contribution is 9.10. The summed E-state index contributed by atoms with van der Waals surface area (Å²) in [7, 11) is 1.53. The van der Waals surface area contributed by atoms with Crippen LogP contribution in [0.3, 0.4) is 0 Å². The lowest BCUT2D eigenvalue weighted by Crippen LogP contribution is -2.03. The minimum absolute atomic E-state index is 0.147. The van der Waals surface area contributed by atoms with Crippen molar-refractivity contribution in [2.75, 3.05) is 7.11 Å². The molecule has 0 saturated carbocycles. The van der Waals surface area contributed by atoms with Gasteiger partial charge in [-0.15, -0.1) is 0 Å². The second kappa shape index (κ2) is 3.42. The van der Waals surface area contributed by atoms with Crippen LogP contribution in [0.4, 0.5) is 0 Å². The third-order valence-electron chi connectivity index (χ3n) is 1.87. The molecule has 2 aromatic rings. The minimum Gasteiger partial charge on any atom is -0.480 e. The summed E-state index contributed by atoms with van der Waals surface area (Å²) >= 11 is 3.32. The van der Waals surface area contributed by atoms with Crippen molar-refractivity contribution in [1.29, 1.82) is 0 Å². The number of nitrogens with zero attached hydrogens (tertiary/aromatic N) is 1. The number of aromatic amines is 1. The molecule has 5 heteroatoms. The number of rotatable bonds is 1. The summed E-state index contributed by atoms with van der Waals surface area (Å²) < 4.78 is 5.68. The van der Waals surface area contributed by atoms with E-state index >= 15 is 0 Å². The summed E-state index contributed by atoms with van der Waals surface area (Å²) in [6, 6.07) is 3.17. The number of halogens is 1. The number of hydrogen-bond donors (Lipinski definition) is 1. The van der Waals surface area contributed by atoms with Gasteiger partial charge in [0.1, 0.15) is 4.47 Å².